The first kappa shape index (κ1) is 14.2. The van der Waals surface area contributed by atoms with Crippen LogP contribution in [0.25, 0.3) is 0 Å². The number of aliphatic hydroxyl groups excluding tert-OH is 1. The molecule has 2 saturated heterocycles. The SMILES string of the molecule is O=C(CN1CCN(c2ccccn2)CC1)N1C[C@H](O)CO1. The van der Waals surface area contributed by atoms with Gasteiger partial charge in [-0.3, -0.25) is 14.5 Å². The van der Waals surface area contributed by atoms with Crippen LogP contribution in [-0.4, -0.2) is 77.9 Å². The van der Waals surface area contributed by atoms with Crippen molar-refractivity contribution in [1.29, 1.82) is 0 Å². The molecule has 1 amide bonds. The van der Waals surface area contributed by atoms with Crippen LogP contribution in [0.3, 0.4) is 0 Å². The molecule has 7 heteroatoms. The third-order valence-electron chi connectivity index (χ3n) is 3.78. The van der Waals surface area contributed by atoms with E-state index in [-0.39, 0.29) is 19.1 Å². The van der Waals surface area contributed by atoms with Gasteiger partial charge in [-0.1, -0.05) is 6.07 Å². The van der Waals surface area contributed by atoms with Crippen molar-refractivity contribution in [3.05, 3.63) is 24.4 Å². The van der Waals surface area contributed by atoms with Gasteiger partial charge in [0.05, 0.1) is 19.2 Å². The molecule has 0 aliphatic carbocycles. The van der Waals surface area contributed by atoms with E-state index in [0.29, 0.717) is 6.54 Å². The molecular formula is C14H20N4O3. The highest BCUT2D eigenvalue weighted by molar-refractivity contribution is 5.77. The number of amides is 1. The van der Waals surface area contributed by atoms with E-state index < -0.39 is 6.10 Å². The predicted molar refractivity (Wildman–Crippen MR) is 76.6 cm³/mol. The molecule has 21 heavy (non-hydrogen) atoms. The number of pyridine rings is 1. The van der Waals surface area contributed by atoms with Crippen LogP contribution in [-0.2, 0) is 9.63 Å². The molecule has 0 spiro atoms. The lowest BCUT2D eigenvalue weighted by atomic mass is 10.3. The fourth-order valence-corrected chi connectivity index (χ4v) is 2.59. The first-order valence-electron chi connectivity index (χ1n) is 7.22. The Morgan fingerprint density at radius 3 is 2.76 bits per heavy atom. The van der Waals surface area contributed by atoms with Gasteiger partial charge in [0.2, 0.25) is 0 Å². The second kappa shape index (κ2) is 6.38. The second-order valence-corrected chi connectivity index (χ2v) is 5.36. The average Bonchev–Trinajstić information content (AvgIpc) is 2.96. The minimum Gasteiger partial charge on any atom is -0.389 e. The lowest BCUT2D eigenvalue weighted by molar-refractivity contribution is -0.169. The van der Waals surface area contributed by atoms with Crippen molar-refractivity contribution in [2.45, 2.75) is 6.10 Å². The van der Waals surface area contributed by atoms with Crippen LogP contribution in [0.15, 0.2) is 24.4 Å². The van der Waals surface area contributed by atoms with Crippen LogP contribution in [0.5, 0.6) is 0 Å². The number of aromatic nitrogens is 1. The maximum atomic E-state index is 12.0. The summed E-state index contributed by atoms with van der Waals surface area (Å²) in [5.74, 6) is 0.896. The van der Waals surface area contributed by atoms with E-state index in [1.165, 1.54) is 5.06 Å². The van der Waals surface area contributed by atoms with E-state index in [2.05, 4.69) is 14.8 Å². The van der Waals surface area contributed by atoms with Gasteiger partial charge in [0.15, 0.2) is 0 Å². The number of β-amino-alcohol motifs (C(OH)–C–C–N with tert-alkyl or cyclic N) is 1. The fraction of sp³-hybridized carbons (Fsp3) is 0.571. The highest BCUT2D eigenvalue weighted by Gasteiger charge is 2.28. The minimum atomic E-state index is -0.560. The van der Waals surface area contributed by atoms with E-state index in [1.54, 1.807) is 6.20 Å². The van der Waals surface area contributed by atoms with E-state index in [4.69, 9.17) is 4.84 Å². The molecule has 0 bridgehead atoms. The largest absolute Gasteiger partial charge is 0.389 e. The Balaban J connectivity index is 1.47. The number of hydroxylamine groups is 2. The van der Waals surface area contributed by atoms with Crippen LogP contribution in [0.2, 0.25) is 0 Å². The summed E-state index contributed by atoms with van der Waals surface area (Å²) < 4.78 is 0. The molecule has 3 rings (SSSR count). The Morgan fingerprint density at radius 1 is 1.33 bits per heavy atom. The average molecular weight is 292 g/mol. The first-order valence-corrected chi connectivity index (χ1v) is 7.22. The normalized spacial score (nSPS) is 23.6. The minimum absolute atomic E-state index is 0.0853. The van der Waals surface area contributed by atoms with Gasteiger partial charge < -0.3 is 10.0 Å². The molecule has 1 aromatic heterocycles. The van der Waals surface area contributed by atoms with Crippen molar-refractivity contribution in [3.8, 4) is 0 Å². The van der Waals surface area contributed by atoms with Crippen LogP contribution in [0.4, 0.5) is 5.82 Å². The van der Waals surface area contributed by atoms with Gasteiger partial charge in [0.25, 0.3) is 5.91 Å². The zero-order valence-corrected chi connectivity index (χ0v) is 11.9. The van der Waals surface area contributed by atoms with Crippen LogP contribution >= 0.6 is 0 Å². The summed E-state index contributed by atoms with van der Waals surface area (Å²) in [5.41, 5.74) is 0. The number of aliphatic hydroxyl groups is 1. The predicted octanol–water partition coefficient (Wildman–Crippen LogP) is -0.662. The van der Waals surface area contributed by atoms with E-state index in [9.17, 15) is 9.90 Å². The highest BCUT2D eigenvalue weighted by atomic mass is 16.7. The topological polar surface area (TPSA) is 69.1 Å². The Hall–Kier alpha value is -1.70. The lowest BCUT2D eigenvalue weighted by Crippen LogP contribution is -2.50. The molecule has 1 N–H and O–H groups in total. The Kier molecular flexibility index (Phi) is 4.33. The summed E-state index contributed by atoms with van der Waals surface area (Å²) in [7, 11) is 0. The van der Waals surface area contributed by atoms with Gasteiger partial charge in [-0.2, -0.15) is 0 Å². The molecule has 1 atom stereocenters. The summed E-state index contributed by atoms with van der Waals surface area (Å²) >= 11 is 0. The van der Waals surface area contributed by atoms with Crippen molar-refractivity contribution < 1.29 is 14.7 Å². The molecule has 2 fully saturated rings. The van der Waals surface area contributed by atoms with Crippen LogP contribution in [0.1, 0.15) is 0 Å². The van der Waals surface area contributed by atoms with Gasteiger partial charge in [-0.05, 0) is 12.1 Å². The summed E-state index contributed by atoms with van der Waals surface area (Å²) in [4.78, 5) is 25.8. The van der Waals surface area contributed by atoms with E-state index in [1.807, 2.05) is 18.2 Å². The van der Waals surface area contributed by atoms with Gasteiger partial charge in [-0.15, -0.1) is 0 Å². The van der Waals surface area contributed by atoms with Crippen molar-refractivity contribution in [2.75, 3.05) is 50.8 Å². The summed E-state index contributed by atoms with van der Waals surface area (Å²) in [5, 5.41) is 10.6. The molecule has 0 unspecified atom stereocenters. The molecule has 7 nitrogen and oxygen atoms in total. The van der Waals surface area contributed by atoms with Gasteiger partial charge >= 0.3 is 0 Å². The number of nitrogens with zero attached hydrogens (tertiary/aromatic N) is 4. The zero-order chi connectivity index (χ0) is 14.7. The molecule has 0 saturated carbocycles. The smallest absolute Gasteiger partial charge is 0.260 e. The van der Waals surface area contributed by atoms with Gasteiger partial charge in [0, 0.05) is 32.4 Å². The third-order valence-corrected chi connectivity index (χ3v) is 3.78. The monoisotopic (exact) mass is 292 g/mol. The van der Waals surface area contributed by atoms with Crippen molar-refractivity contribution >= 4 is 11.7 Å². The standard InChI is InChI=1S/C14H20N4O3/c19-12-9-18(21-11-12)14(20)10-16-5-7-17(8-6-16)13-3-1-2-4-15-13/h1-4,12,19H,5-11H2/t12-/m0/s1. The molecule has 114 valence electrons. The summed E-state index contributed by atoms with van der Waals surface area (Å²) in [6.45, 7) is 4.16. The maximum absolute atomic E-state index is 12.0. The van der Waals surface area contributed by atoms with Crippen molar-refractivity contribution in [2.24, 2.45) is 0 Å². The third kappa shape index (κ3) is 3.49. The highest BCUT2D eigenvalue weighted by Crippen LogP contribution is 2.13. The summed E-state index contributed by atoms with van der Waals surface area (Å²) in [6.07, 6.45) is 1.23. The molecule has 2 aliphatic rings. The molecule has 2 aliphatic heterocycles. The lowest BCUT2D eigenvalue weighted by Gasteiger charge is -2.35. The maximum Gasteiger partial charge on any atom is 0.260 e. The molecule has 1 aromatic rings. The molecule has 3 heterocycles. The van der Waals surface area contributed by atoms with Crippen molar-refractivity contribution in [3.63, 3.8) is 0 Å². The zero-order valence-electron chi connectivity index (χ0n) is 11.9. The van der Waals surface area contributed by atoms with Crippen molar-refractivity contribution in [1.82, 2.24) is 14.9 Å². The molecular weight excluding hydrogens is 272 g/mol. The Bertz CT molecular complexity index is 476. The van der Waals surface area contributed by atoms with Gasteiger partial charge in [0.1, 0.15) is 12.4 Å². The number of anilines is 1. The molecule has 0 aromatic carbocycles. The number of hydrogen-bond acceptors (Lipinski definition) is 6. The van der Waals surface area contributed by atoms with E-state index >= 15 is 0 Å². The molecule has 0 radical (unpaired) electrons. The quantitative estimate of drug-likeness (QED) is 0.797. The number of carbonyl (C=O) groups excluding carboxylic acids is 1. The van der Waals surface area contributed by atoms with Crippen LogP contribution < -0.4 is 4.90 Å². The Morgan fingerprint density at radius 2 is 2.14 bits per heavy atom. The Labute approximate surface area is 123 Å². The number of carbonyl (C=O) groups is 1. The number of hydrogen-bond donors (Lipinski definition) is 1. The first-order chi connectivity index (χ1) is 10.2. The summed E-state index contributed by atoms with van der Waals surface area (Å²) in [6, 6.07) is 5.89. The van der Waals surface area contributed by atoms with Gasteiger partial charge in [-0.25, -0.2) is 10.0 Å². The number of piperazine rings is 1. The van der Waals surface area contributed by atoms with Crippen LogP contribution in [0, 0.1) is 0 Å². The van der Waals surface area contributed by atoms with E-state index in [0.717, 1.165) is 32.0 Å². The number of rotatable bonds is 3. The fourth-order valence-electron chi connectivity index (χ4n) is 2.59. The second-order valence-electron chi connectivity index (χ2n) is 5.36.